The van der Waals surface area contributed by atoms with Crippen LogP contribution >= 0.6 is 11.6 Å². The van der Waals surface area contributed by atoms with E-state index in [9.17, 15) is 0 Å². The first kappa shape index (κ1) is 11.7. The average Bonchev–Trinajstić information content (AvgIpc) is 2.30. The number of aryl methyl sites for hydroxylation is 1. The Morgan fingerprint density at radius 2 is 2.12 bits per heavy atom. The first-order chi connectivity index (χ1) is 8.16. The lowest BCUT2D eigenvalue weighted by Crippen LogP contribution is -2.05. The Kier molecular flexibility index (Phi) is 3.49. The quantitative estimate of drug-likeness (QED) is 0.876. The van der Waals surface area contributed by atoms with Gasteiger partial charge < -0.3 is 11.1 Å². The maximum atomic E-state index is 6.06. The van der Waals surface area contributed by atoms with Gasteiger partial charge in [-0.25, -0.2) is 4.98 Å². The molecule has 0 atom stereocenters. The van der Waals surface area contributed by atoms with Crippen molar-refractivity contribution in [1.29, 1.82) is 0 Å². The number of nitrogens with zero attached hydrogens (tertiary/aromatic N) is 1. The van der Waals surface area contributed by atoms with Gasteiger partial charge in [-0.15, -0.1) is 0 Å². The van der Waals surface area contributed by atoms with Crippen LogP contribution in [0.4, 0.5) is 11.5 Å². The van der Waals surface area contributed by atoms with E-state index in [1.54, 1.807) is 6.20 Å². The molecule has 0 amide bonds. The Balaban J connectivity index is 2.10. The lowest BCUT2D eigenvalue weighted by molar-refractivity contribution is 1.11. The van der Waals surface area contributed by atoms with Crippen LogP contribution in [0.3, 0.4) is 0 Å². The number of hydrogen-bond acceptors (Lipinski definition) is 3. The van der Waals surface area contributed by atoms with Crippen LogP contribution in [-0.2, 0) is 6.54 Å². The Bertz CT molecular complexity index is 526. The minimum absolute atomic E-state index is 0.611. The van der Waals surface area contributed by atoms with Gasteiger partial charge in [0.05, 0.1) is 5.69 Å². The smallest absolute Gasteiger partial charge is 0.149 e. The van der Waals surface area contributed by atoms with Gasteiger partial charge in [0.25, 0.3) is 0 Å². The van der Waals surface area contributed by atoms with Crippen LogP contribution in [0.2, 0.25) is 5.02 Å². The zero-order valence-corrected chi connectivity index (χ0v) is 10.3. The normalized spacial score (nSPS) is 10.2. The van der Waals surface area contributed by atoms with Crippen molar-refractivity contribution in [3.05, 3.63) is 52.7 Å². The van der Waals surface area contributed by atoms with E-state index in [0.717, 1.165) is 16.1 Å². The molecule has 1 aromatic heterocycles. The van der Waals surface area contributed by atoms with E-state index in [0.29, 0.717) is 18.1 Å². The minimum Gasteiger partial charge on any atom is -0.396 e. The first-order valence-electron chi connectivity index (χ1n) is 5.36. The van der Waals surface area contributed by atoms with Crippen molar-refractivity contribution < 1.29 is 0 Å². The second kappa shape index (κ2) is 5.06. The molecule has 4 heteroatoms. The summed E-state index contributed by atoms with van der Waals surface area (Å²) >= 11 is 6.06. The Labute approximate surface area is 106 Å². The molecule has 0 saturated heterocycles. The third-order valence-corrected chi connectivity index (χ3v) is 2.83. The largest absolute Gasteiger partial charge is 0.396 e. The van der Waals surface area contributed by atoms with Crippen molar-refractivity contribution in [1.82, 2.24) is 4.98 Å². The highest BCUT2D eigenvalue weighted by Crippen LogP contribution is 2.19. The van der Waals surface area contributed by atoms with Crippen molar-refractivity contribution in [2.45, 2.75) is 13.5 Å². The number of hydrogen-bond donors (Lipinski definition) is 2. The third-order valence-electron chi connectivity index (χ3n) is 2.46. The standard InChI is InChI=1S/C13H14ClN3/c1-9-6-12(15)13(16-7-9)17-8-10-4-2-3-5-11(10)14/h2-7H,8,15H2,1H3,(H,16,17). The van der Waals surface area contributed by atoms with Crippen LogP contribution in [0, 0.1) is 6.92 Å². The second-order valence-corrected chi connectivity index (χ2v) is 4.30. The first-order valence-corrected chi connectivity index (χ1v) is 5.74. The number of anilines is 2. The van der Waals surface area contributed by atoms with E-state index in [1.165, 1.54) is 0 Å². The summed E-state index contributed by atoms with van der Waals surface area (Å²) in [5.41, 5.74) is 8.59. The van der Waals surface area contributed by atoms with Gasteiger partial charge in [0.2, 0.25) is 0 Å². The van der Waals surface area contributed by atoms with Crippen LogP contribution in [-0.4, -0.2) is 4.98 Å². The fraction of sp³-hybridized carbons (Fsp3) is 0.154. The molecule has 1 aromatic carbocycles. The highest BCUT2D eigenvalue weighted by Gasteiger charge is 2.02. The minimum atomic E-state index is 0.611. The number of rotatable bonds is 3. The van der Waals surface area contributed by atoms with E-state index in [-0.39, 0.29) is 0 Å². The monoisotopic (exact) mass is 247 g/mol. The summed E-state index contributed by atoms with van der Waals surface area (Å²) in [6.45, 7) is 2.57. The number of nitrogens with one attached hydrogen (secondary N) is 1. The van der Waals surface area contributed by atoms with Crippen LogP contribution in [0.25, 0.3) is 0 Å². The van der Waals surface area contributed by atoms with Crippen molar-refractivity contribution in [2.24, 2.45) is 0 Å². The lowest BCUT2D eigenvalue weighted by atomic mass is 10.2. The number of nitrogens with two attached hydrogens (primary N) is 1. The molecule has 0 fully saturated rings. The van der Waals surface area contributed by atoms with Gasteiger partial charge in [0, 0.05) is 17.8 Å². The predicted octanol–water partition coefficient (Wildman–Crippen LogP) is 3.24. The fourth-order valence-electron chi connectivity index (χ4n) is 1.56. The average molecular weight is 248 g/mol. The maximum absolute atomic E-state index is 6.06. The van der Waals surface area contributed by atoms with E-state index in [2.05, 4.69) is 10.3 Å². The summed E-state index contributed by atoms with van der Waals surface area (Å²) in [6.07, 6.45) is 1.78. The van der Waals surface area contributed by atoms with Gasteiger partial charge >= 0.3 is 0 Å². The summed E-state index contributed by atoms with van der Waals surface area (Å²) < 4.78 is 0. The summed E-state index contributed by atoms with van der Waals surface area (Å²) in [6, 6.07) is 9.59. The Morgan fingerprint density at radius 1 is 1.35 bits per heavy atom. The van der Waals surface area contributed by atoms with Gasteiger partial charge in [0.1, 0.15) is 5.82 Å². The number of nitrogen functional groups attached to an aromatic ring is 1. The number of aromatic nitrogens is 1. The van der Waals surface area contributed by atoms with Crippen molar-refractivity contribution >= 4 is 23.1 Å². The molecule has 0 bridgehead atoms. The van der Waals surface area contributed by atoms with Crippen LogP contribution in [0.15, 0.2) is 36.5 Å². The van der Waals surface area contributed by atoms with Gasteiger partial charge in [0.15, 0.2) is 0 Å². The second-order valence-electron chi connectivity index (χ2n) is 3.90. The van der Waals surface area contributed by atoms with Crippen molar-refractivity contribution in [3.8, 4) is 0 Å². The van der Waals surface area contributed by atoms with Crippen molar-refractivity contribution in [2.75, 3.05) is 11.1 Å². The molecule has 0 spiro atoms. The van der Waals surface area contributed by atoms with Crippen molar-refractivity contribution in [3.63, 3.8) is 0 Å². The topological polar surface area (TPSA) is 50.9 Å². The predicted molar refractivity (Wildman–Crippen MR) is 72.2 cm³/mol. The lowest BCUT2D eigenvalue weighted by Gasteiger charge is -2.09. The maximum Gasteiger partial charge on any atom is 0.149 e. The molecule has 17 heavy (non-hydrogen) atoms. The van der Waals surface area contributed by atoms with Gasteiger partial charge in [-0.1, -0.05) is 29.8 Å². The third kappa shape index (κ3) is 2.88. The number of pyridine rings is 1. The molecular weight excluding hydrogens is 234 g/mol. The van der Waals surface area contributed by atoms with Gasteiger partial charge in [-0.3, -0.25) is 0 Å². The molecular formula is C13H14ClN3. The fourth-order valence-corrected chi connectivity index (χ4v) is 1.76. The Morgan fingerprint density at radius 3 is 2.82 bits per heavy atom. The van der Waals surface area contributed by atoms with E-state index < -0.39 is 0 Å². The molecule has 0 radical (unpaired) electrons. The van der Waals surface area contributed by atoms with Crippen LogP contribution < -0.4 is 11.1 Å². The molecule has 0 unspecified atom stereocenters. The summed E-state index contributed by atoms with van der Waals surface area (Å²) in [4.78, 5) is 4.24. The van der Waals surface area contributed by atoms with Crippen LogP contribution in [0.5, 0.6) is 0 Å². The molecule has 0 aliphatic rings. The molecule has 0 saturated carbocycles. The highest BCUT2D eigenvalue weighted by atomic mass is 35.5. The van der Waals surface area contributed by atoms with E-state index in [4.69, 9.17) is 17.3 Å². The zero-order chi connectivity index (χ0) is 12.3. The Hall–Kier alpha value is -1.74. The molecule has 3 N–H and O–H groups in total. The molecule has 0 aliphatic heterocycles. The highest BCUT2D eigenvalue weighted by molar-refractivity contribution is 6.31. The van der Waals surface area contributed by atoms with Gasteiger partial charge in [-0.2, -0.15) is 0 Å². The SMILES string of the molecule is Cc1cnc(NCc2ccccc2Cl)c(N)c1. The summed E-state index contributed by atoms with van der Waals surface area (Å²) in [5.74, 6) is 0.690. The molecule has 2 rings (SSSR count). The van der Waals surface area contributed by atoms with Gasteiger partial charge in [-0.05, 0) is 30.2 Å². The summed E-state index contributed by atoms with van der Waals surface area (Å²) in [7, 11) is 0. The number of benzene rings is 1. The zero-order valence-electron chi connectivity index (χ0n) is 9.57. The van der Waals surface area contributed by atoms with E-state index in [1.807, 2.05) is 37.3 Å². The molecule has 0 aliphatic carbocycles. The molecule has 3 nitrogen and oxygen atoms in total. The van der Waals surface area contributed by atoms with E-state index >= 15 is 0 Å². The molecule has 1 heterocycles. The molecule has 88 valence electrons. The molecule has 2 aromatic rings. The number of halogens is 1. The van der Waals surface area contributed by atoms with Crippen LogP contribution in [0.1, 0.15) is 11.1 Å². The summed E-state index contributed by atoms with van der Waals surface area (Å²) in [5, 5.41) is 3.92.